The maximum atomic E-state index is 13.4. The molecule has 7 nitrogen and oxygen atoms in total. The van der Waals surface area contributed by atoms with E-state index >= 15 is 0 Å². The molecule has 0 aliphatic rings. The lowest BCUT2D eigenvalue weighted by molar-refractivity contribution is 0.414. The molecule has 9 heteroatoms. The molecule has 0 saturated heterocycles. The summed E-state index contributed by atoms with van der Waals surface area (Å²) in [6.45, 7) is 0.567. The van der Waals surface area contributed by atoms with Crippen LogP contribution < -0.4 is 4.74 Å². The zero-order valence-corrected chi connectivity index (χ0v) is 15.9. The summed E-state index contributed by atoms with van der Waals surface area (Å²) >= 11 is 1.50. The van der Waals surface area contributed by atoms with Crippen LogP contribution in [0.4, 0.5) is 4.39 Å². The number of hydrogen-bond acceptors (Lipinski definition) is 6. The molecule has 0 bridgehead atoms. The van der Waals surface area contributed by atoms with Gasteiger partial charge in [0.25, 0.3) is 0 Å². The van der Waals surface area contributed by atoms with Crippen LogP contribution in [-0.2, 0) is 12.3 Å². The van der Waals surface area contributed by atoms with Crippen molar-refractivity contribution in [2.75, 3.05) is 7.11 Å². The fraction of sp³-hybridized carbons (Fsp3) is 0.158. The molecule has 0 amide bonds. The molecule has 2 aromatic heterocycles. The molecule has 2 aromatic carbocycles. The Kier molecular flexibility index (Phi) is 5.34. The van der Waals surface area contributed by atoms with Crippen molar-refractivity contribution in [3.8, 4) is 11.4 Å². The fourth-order valence-electron chi connectivity index (χ4n) is 2.64. The van der Waals surface area contributed by atoms with Gasteiger partial charge in [-0.15, -0.1) is 5.10 Å². The van der Waals surface area contributed by atoms with Gasteiger partial charge >= 0.3 is 0 Å². The van der Waals surface area contributed by atoms with Gasteiger partial charge < -0.3 is 4.74 Å². The van der Waals surface area contributed by atoms with E-state index in [2.05, 4.69) is 20.6 Å². The smallest absolute Gasteiger partial charge is 0.210 e. The first-order chi connectivity index (χ1) is 13.7. The quantitative estimate of drug-likeness (QED) is 0.446. The van der Waals surface area contributed by atoms with E-state index in [0.717, 1.165) is 17.0 Å². The Morgan fingerprint density at radius 3 is 2.75 bits per heavy atom. The topological polar surface area (TPSA) is 70.7 Å². The summed E-state index contributed by atoms with van der Waals surface area (Å²) in [6, 6.07) is 16.0. The Labute approximate surface area is 165 Å². The van der Waals surface area contributed by atoms with Gasteiger partial charge in [0.1, 0.15) is 11.6 Å². The van der Waals surface area contributed by atoms with Crippen molar-refractivity contribution < 1.29 is 9.13 Å². The van der Waals surface area contributed by atoms with Crippen LogP contribution in [0.1, 0.15) is 11.3 Å². The second-order valence-corrected chi connectivity index (χ2v) is 6.93. The Hall–Kier alpha value is -3.20. The van der Waals surface area contributed by atoms with Gasteiger partial charge in [-0.1, -0.05) is 30.0 Å². The Bertz CT molecular complexity index is 1060. The second-order valence-electron chi connectivity index (χ2n) is 5.99. The fourth-order valence-corrected chi connectivity index (χ4v) is 3.42. The first-order valence-corrected chi connectivity index (χ1v) is 9.52. The molecule has 0 unspecified atom stereocenters. The Balaban J connectivity index is 1.41. The van der Waals surface area contributed by atoms with Crippen LogP contribution in [0.15, 0.2) is 66.0 Å². The predicted molar refractivity (Wildman–Crippen MR) is 103 cm³/mol. The highest BCUT2D eigenvalue weighted by Crippen LogP contribution is 2.21. The van der Waals surface area contributed by atoms with Gasteiger partial charge in [-0.3, -0.25) is 0 Å². The van der Waals surface area contributed by atoms with Gasteiger partial charge in [-0.05, 0) is 52.4 Å². The van der Waals surface area contributed by atoms with Crippen LogP contribution in [0.5, 0.6) is 5.75 Å². The van der Waals surface area contributed by atoms with Crippen LogP contribution in [0, 0.1) is 5.82 Å². The first-order valence-electron chi connectivity index (χ1n) is 8.53. The number of nitrogens with zero attached hydrogens (tertiary/aromatic N) is 6. The maximum absolute atomic E-state index is 13.4. The third kappa shape index (κ3) is 4.20. The lowest BCUT2D eigenvalue weighted by Gasteiger charge is -2.05. The standard InChI is InChI=1S/C19H17FN6OS/c1-27-18-7-5-14(6-8-18)12-26-19(21-23-24-26)28-13-16-9-10-25(22-16)17-4-2-3-15(20)11-17/h2-11H,12-13H2,1H3. The van der Waals surface area contributed by atoms with Crippen molar-refractivity contribution in [1.82, 2.24) is 30.0 Å². The van der Waals surface area contributed by atoms with E-state index in [1.807, 2.05) is 42.6 Å². The van der Waals surface area contributed by atoms with E-state index in [1.54, 1.807) is 22.5 Å². The molecule has 0 aliphatic heterocycles. The molecule has 2 heterocycles. The number of tetrazole rings is 1. The molecule has 0 aliphatic carbocycles. The minimum Gasteiger partial charge on any atom is -0.497 e. The molecule has 0 N–H and O–H groups in total. The summed E-state index contributed by atoms with van der Waals surface area (Å²) in [4.78, 5) is 0. The van der Waals surface area contributed by atoms with Crippen molar-refractivity contribution in [3.63, 3.8) is 0 Å². The summed E-state index contributed by atoms with van der Waals surface area (Å²) in [6.07, 6.45) is 1.81. The van der Waals surface area contributed by atoms with Gasteiger partial charge in [-0.2, -0.15) is 5.10 Å². The van der Waals surface area contributed by atoms with E-state index in [1.165, 1.54) is 23.9 Å². The van der Waals surface area contributed by atoms with Crippen molar-refractivity contribution in [2.24, 2.45) is 0 Å². The zero-order valence-electron chi connectivity index (χ0n) is 15.1. The number of rotatable bonds is 7. The molecule has 0 spiro atoms. The van der Waals surface area contributed by atoms with Crippen molar-refractivity contribution >= 4 is 11.8 Å². The third-order valence-electron chi connectivity index (χ3n) is 4.06. The molecule has 0 atom stereocenters. The Morgan fingerprint density at radius 2 is 1.96 bits per heavy atom. The average Bonchev–Trinajstić information content (AvgIpc) is 3.36. The summed E-state index contributed by atoms with van der Waals surface area (Å²) < 4.78 is 22.0. The minimum atomic E-state index is -0.290. The number of hydrogen-bond donors (Lipinski definition) is 0. The largest absolute Gasteiger partial charge is 0.497 e. The van der Waals surface area contributed by atoms with Crippen molar-refractivity contribution in [2.45, 2.75) is 17.5 Å². The zero-order chi connectivity index (χ0) is 19.3. The van der Waals surface area contributed by atoms with Gasteiger partial charge in [0, 0.05) is 11.9 Å². The molecule has 142 valence electrons. The van der Waals surface area contributed by atoms with Gasteiger partial charge in [0.2, 0.25) is 5.16 Å². The number of methoxy groups -OCH3 is 1. The number of ether oxygens (including phenoxy) is 1. The molecule has 4 aromatic rings. The molecular weight excluding hydrogens is 379 g/mol. The highest BCUT2D eigenvalue weighted by atomic mass is 32.2. The average molecular weight is 396 g/mol. The highest BCUT2D eigenvalue weighted by Gasteiger charge is 2.10. The van der Waals surface area contributed by atoms with Gasteiger partial charge in [0.15, 0.2) is 0 Å². The summed E-state index contributed by atoms with van der Waals surface area (Å²) in [5, 5.41) is 17.1. The van der Waals surface area contributed by atoms with E-state index in [0.29, 0.717) is 23.1 Å². The maximum Gasteiger partial charge on any atom is 0.210 e. The minimum absolute atomic E-state index is 0.290. The van der Waals surface area contributed by atoms with Gasteiger partial charge in [0.05, 0.1) is 25.0 Å². The molecule has 28 heavy (non-hydrogen) atoms. The monoisotopic (exact) mass is 396 g/mol. The lowest BCUT2D eigenvalue weighted by Crippen LogP contribution is -2.04. The number of halogens is 1. The summed E-state index contributed by atoms with van der Waals surface area (Å²) in [5.41, 5.74) is 2.61. The van der Waals surface area contributed by atoms with Crippen molar-refractivity contribution in [1.29, 1.82) is 0 Å². The SMILES string of the molecule is COc1ccc(Cn2nnnc2SCc2ccn(-c3cccc(F)c3)n2)cc1. The second kappa shape index (κ2) is 8.22. The molecular formula is C19H17FN6OS. The van der Waals surface area contributed by atoms with Gasteiger partial charge in [-0.25, -0.2) is 13.8 Å². The van der Waals surface area contributed by atoms with Crippen LogP contribution in [0.2, 0.25) is 0 Å². The van der Waals surface area contributed by atoms with E-state index in [-0.39, 0.29) is 5.82 Å². The number of benzene rings is 2. The van der Waals surface area contributed by atoms with Crippen LogP contribution in [-0.4, -0.2) is 37.1 Å². The third-order valence-corrected chi connectivity index (χ3v) is 5.05. The summed E-state index contributed by atoms with van der Waals surface area (Å²) in [5.74, 6) is 1.12. The lowest BCUT2D eigenvalue weighted by atomic mass is 10.2. The number of aromatic nitrogens is 6. The highest BCUT2D eigenvalue weighted by molar-refractivity contribution is 7.98. The first kappa shape index (κ1) is 18.2. The predicted octanol–water partition coefficient (Wildman–Crippen LogP) is 3.35. The van der Waals surface area contributed by atoms with E-state index in [9.17, 15) is 4.39 Å². The van der Waals surface area contributed by atoms with Crippen molar-refractivity contribution in [3.05, 3.63) is 77.9 Å². The van der Waals surface area contributed by atoms with Crippen LogP contribution in [0.25, 0.3) is 5.69 Å². The Morgan fingerprint density at radius 1 is 1.11 bits per heavy atom. The van der Waals surface area contributed by atoms with E-state index < -0.39 is 0 Å². The molecule has 0 fully saturated rings. The molecule has 0 saturated carbocycles. The van der Waals surface area contributed by atoms with E-state index in [4.69, 9.17) is 4.74 Å². The normalized spacial score (nSPS) is 10.9. The molecule has 0 radical (unpaired) electrons. The number of thioether (sulfide) groups is 1. The van der Waals surface area contributed by atoms with Crippen LogP contribution >= 0.6 is 11.8 Å². The molecule has 4 rings (SSSR count). The van der Waals surface area contributed by atoms with Crippen LogP contribution in [0.3, 0.4) is 0 Å². The summed E-state index contributed by atoms with van der Waals surface area (Å²) in [7, 11) is 1.64.